The van der Waals surface area contributed by atoms with E-state index in [0.717, 1.165) is 18.4 Å². The summed E-state index contributed by atoms with van der Waals surface area (Å²) in [7, 11) is 0. The first-order valence-corrected chi connectivity index (χ1v) is 8.83. The van der Waals surface area contributed by atoms with Gasteiger partial charge in [0.25, 0.3) is 0 Å². The van der Waals surface area contributed by atoms with E-state index in [0.29, 0.717) is 19.6 Å². The summed E-state index contributed by atoms with van der Waals surface area (Å²) in [6.07, 6.45) is 1.19. The minimum absolute atomic E-state index is 0.0587. The van der Waals surface area contributed by atoms with Crippen LogP contribution in [0.25, 0.3) is 0 Å². The summed E-state index contributed by atoms with van der Waals surface area (Å²) in [5.41, 5.74) is 1.03. The number of nitrogens with one attached hydrogen (secondary N) is 2. The minimum atomic E-state index is -0.292. The summed E-state index contributed by atoms with van der Waals surface area (Å²) in [6, 6.07) is 9.59. The predicted octanol–water partition coefficient (Wildman–Crippen LogP) is 3.13. The standard InChI is InChI=1S/C19H29N3O3/c1-19(2,3)14-20-17(23)21-16-9-11-22(12-10-16)18(24)25-13-15-7-5-4-6-8-15/h4-8,16H,9-14H2,1-3H3,(H2,20,21,23). The molecule has 25 heavy (non-hydrogen) atoms. The molecule has 6 nitrogen and oxygen atoms in total. The van der Waals surface area contributed by atoms with Crippen LogP contribution in [-0.2, 0) is 11.3 Å². The maximum atomic E-state index is 12.1. The van der Waals surface area contributed by atoms with E-state index in [1.165, 1.54) is 0 Å². The molecule has 0 bridgehead atoms. The van der Waals surface area contributed by atoms with Gasteiger partial charge < -0.3 is 20.3 Å². The van der Waals surface area contributed by atoms with E-state index in [-0.39, 0.29) is 30.2 Å². The number of ether oxygens (including phenoxy) is 1. The summed E-state index contributed by atoms with van der Waals surface area (Å²) in [5, 5.41) is 5.87. The number of urea groups is 1. The second kappa shape index (κ2) is 8.74. The topological polar surface area (TPSA) is 70.7 Å². The molecule has 0 aromatic heterocycles. The number of piperidine rings is 1. The molecule has 1 saturated heterocycles. The van der Waals surface area contributed by atoms with Crippen LogP contribution in [0, 0.1) is 5.41 Å². The number of amides is 3. The molecule has 0 spiro atoms. The second-order valence-electron chi connectivity index (χ2n) is 7.69. The predicted molar refractivity (Wildman–Crippen MR) is 97.2 cm³/mol. The van der Waals surface area contributed by atoms with Gasteiger partial charge in [-0.2, -0.15) is 0 Å². The number of rotatable bonds is 4. The SMILES string of the molecule is CC(C)(C)CNC(=O)NC1CCN(C(=O)OCc2ccccc2)CC1. The third-order valence-electron chi connectivity index (χ3n) is 4.07. The van der Waals surface area contributed by atoms with E-state index in [2.05, 4.69) is 31.4 Å². The van der Waals surface area contributed by atoms with Crippen molar-refractivity contribution < 1.29 is 14.3 Å². The average Bonchev–Trinajstić information content (AvgIpc) is 2.59. The Labute approximate surface area is 149 Å². The number of carbonyl (C=O) groups is 2. The van der Waals surface area contributed by atoms with E-state index in [4.69, 9.17) is 4.74 Å². The molecule has 0 unspecified atom stereocenters. The highest BCUT2D eigenvalue weighted by Crippen LogP contribution is 2.13. The number of likely N-dealkylation sites (tertiary alicyclic amines) is 1. The van der Waals surface area contributed by atoms with Gasteiger partial charge in [-0.1, -0.05) is 51.1 Å². The molecule has 1 aromatic rings. The van der Waals surface area contributed by atoms with E-state index >= 15 is 0 Å². The monoisotopic (exact) mass is 347 g/mol. The molecule has 138 valence electrons. The molecular formula is C19H29N3O3. The van der Waals surface area contributed by atoms with Gasteiger partial charge in [-0.3, -0.25) is 0 Å². The number of hydrogen-bond donors (Lipinski definition) is 2. The number of carbonyl (C=O) groups excluding carboxylic acids is 2. The normalized spacial score (nSPS) is 15.6. The van der Waals surface area contributed by atoms with Crippen molar-refractivity contribution in [2.24, 2.45) is 5.41 Å². The van der Waals surface area contributed by atoms with Crippen LogP contribution in [-0.4, -0.2) is 42.7 Å². The van der Waals surface area contributed by atoms with E-state index in [1.54, 1.807) is 4.90 Å². The average molecular weight is 347 g/mol. The van der Waals surface area contributed by atoms with Gasteiger partial charge in [-0.05, 0) is 23.8 Å². The fourth-order valence-corrected chi connectivity index (χ4v) is 2.60. The van der Waals surface area contributed by atoms with E-state index in [9.17, 15) is 9.59 Å². The summed E-state index contributed by atoms with van der Waals surface area (Å²) in [5.74, 6) is 0. The summed E-state index contributed by atoms with van der Waals surface area (Å²) in [6.45, 7) is 8.33. The summed E-state index contributed by atoms with van der Waals surface area (Å²) >= 11 is 0. The minimum Gasteiger partial charge on any atom is -0.445 e. The first-order valence-electron chi connectivity index (χ1n) is 8.83. The van der Waals surface area contributed by atoms with Crippen molar-refractivity contribution in [2.45, 2.75) is 46.3 Å². The molecule has 1 aromatic carbocycles. The lowest BCUT2D eigenvalue weighted by Gasteiger charge is -2.32. The van der Waals surface area contributed by atoms with Crippen LogP contribution in [0.15, 0.2) is 30.3 Å². The molecule has 2 N–H and O–H groups in total. The molecule has 1 aliphatic rings. The largest absolute Gasteiger partial charge is 0.445 e. The first kappa shape index (κ1) is 19.1. The molecule has 2 rings (SSSR count). The Kier molecular flexibility index (Phi) is 6.67. The van der Waals surface area contributed by atoms with Crippen molar-refractivity contribution in [3.8, 4) is 0 Å². The third-order valence-corrected chi connectivity index (χ3v) is 4.07. The first-order chi connectivity index (χ1) is 11.8. The van der Waals surface area contributed by atoms with Gasteiger partial charge in [0, 0.05) is 25.7 Å². The maximum absolute atomic E-state index is 12.1. The van der Waals surface area contributed by atoms with Gasteiger partial charge in [0.1, 0.15) is 6.61 Å². The van der Waals surface area contributed by atoms with Crippen LogP contribution in [0.4, 0.5) is 9.59 Å². The zero-order valence-corrected chi connectivity index (χ0v) is 15.4. The van der Waals surface area contributed by atoms with Gasteiger partial charge >= 0.3 is 12.1 Å². The van der Waals surface area contributed by atoms with E-state index < -0.39 is 0 Å². The fraction of sp³-hybridized carbons (Fsp3) is 0.579. The van der Waals surface area contributed by atoms with Gasteiger partial charge in [-0.15, -0.1) is 0 Å². The molecule has 0 aliphatic carbocycles. The molecule has 3 amide bonds. The molecule has 1 heterocycles. The summed E-state index contributed by atoms with van der Waals surface area (Å²) in [4.78, 5) is 25.7. The lowest BCUT2D eigenvalue weighted by molar-refractivity contribution is 0.0858. The van der Waals surface area contributed by atoms with Crippen LogP contribution in [0.5, 0.6) is 0 Å². The van der Waals surface area contributed by atoms with Crippen molar-refractivity contribution in [3.05, 3.63) is 35.9 Å². The molecule has 0 radical (unpaired) electrons. The van der Waals surface area contributed by atoms with Crippen LogP contribution in [0.2, 0.25) is 0 Å². The van der Waals surface area contributed by atoms with Crippen molar-refractivity contribution in [1.82, 2.24) is 15.5 Å². The van der Waals surface area contributed by atoms with Crippen LogP contribution in [0.1, 0.15) is 39.2 Å². The highest BCUT2D eigenvalue weighted by molar-refractivity contribution is 5.74. The van der Waals surface area contributed by atoms with Crippen LogP contribution in [0.3, 0.4) is 0 Å². The lowest BCUT2D eigenvalue weighted by atomic mass is 9.97. The van der Waals surface area contributed by atoms with Gasteiger partial charge in [0.15, 0.2) is 0 Å². The van der Waals surface area contributed by atoms with Crippen molar-refractivity contribution in [3.63, 3.8) is 0 Å². The molecule has 6 heteroatoms. The number of nitrogens with zero attached hydrogens (tertiary/aromatic N) is 1. The Bertz CT molecular complexity index is 561. The lowest BCUT2D eigenvalue weighted by Crippen LogP contribution is -2.50. The zero-order chi connectivity index (χ0) is 18.3. The molecule has 0 atom stereocenters. The Morgan fingerprint density at radius 3 is 2.40 bits per heavy atom. The Morgan fingerprint density at radius 2 is 1.80 bits per heavy atom. The smallest absolute Gasteiger partial charge is 0.410 e. The summed E-state index contributed by atoms with van der Waals surface area (Å²) < 4.78 is 5.35. The van der Waals surface area contributed by atoms with Crippen LogP contribution >= 0.6 is 0 Å². The molecule has 1 aliphatic heterocycles. The molecule has 0 saturated carbocycles. The Hall–Kier alpha value is -2.24. The van der Waals surface area contributed by atoms with Gasteiger partial charge in [0.05, 0.1) is 0 Å². The quantitative estimate of drug-likeness (QED) is 0.879. The highest BCUT2D eigenvalue weighted by atomic mass is 16.6. The van der Waals surface area contributed by atoms with Crippen molar-refractivity contribution in [1.29, 1.82) is 0 Å². The Morgan fingerprint density at radius 1 is 1.16 bits per heavy atom. The molecule has 1 fully saturated rings. The number of benzene rings is 1. The maximum Gasteiger partial charge on any atom is 0.410 e. The van der Waals surface area contributed by atoms with Crippen molar-refractivity contribution >= 4 is 12.1 Å². The van der Waals surface area contributed by atoms with Gasteiger partial charge in [0.2, 0.25) is 0 Å². The zero-order valence-electron chi connectivity index (χ0n) is 15.4. The van der Waals surface area contributed by atoms with Crippen molar-refractivity contribution in [2.75, 3.05) is 19.6 Å². The number of hydrogen-bond acceptors (Lipinski definition) is 3. The molecular weight excluding hydrogens is 318 g/mol. The third kappa shape index (κ3) is 7.03. The van der Waals surface area contributed by atoms with Crippen LogP contribution < -0.4 is 10.6 Å². The Balaban J connectivity index is 1.67. The second-order valence-corrected chi connectivity index (χ2v) is 7.69. The van der Waals surface area contributed by atoms with Gasteiger partial charge in [-0.25, -0.2) is 9.59 Å². The fourth-order valence-electron chi connectivity index (χ4n) is 2.60. The van der Waals surface area contributed by atoms with E-state index in [1.807, 2.05) is 30.3 Å². The highest BCUT2D eigenvalue weighted by Gasteiger charge is 2.25.